The first-order valence-electron chi connectivity index (χ1n) is 23.5. The topological polar surface area (TPSA) is 108 Å². The highest BCUT2D eigenvalue weighted by Gasteiger charge is 2.25. The minimum Gasteiger partial charge on any atom is -0.462 e. The lowest BCUT2D eigenvalue weighted by atomic mass is 10.0. The van der Waals surface area contributed by atoms with Crippen LogP contribution in [-0.4, -0.2) is 42.8 Å². The molecule has 2 atom stereocenters. The summed E-state index contributed by atoms with van der Waals surface area (Å²) in [5.74, 6) is -0.786. The molecule has 0 aliphatic heterocycles. The monoisotopic (exact) mass is 801 g/mol. The average molecular weight is 801 g/mol. The number of phosphoric ester groups is 1. The molecule has 326 valence electrons. The normalized spacial score (nSPS) is 13.3. The molecule has 55 heavy (non-hydrogen) atoms. The number of ether oxygens (including phenoxy) is 2. The molecule has 0 saturated carbocycles. The minimum atomic E-state index is -4.27. The number of rotatable bonds is 44. The van der Waals surface area contributed by atoms with Crippen molar-refractivity contribution in [1.82, 2.24) is 0 Å². The van der Waals surface area contributed by atoms with Gasteiger partial charge in [-0.15, -0.1) is 0 Å². The number of unbranched alkanes of at least 4 members (excludes halogenated alkanes) is 30. The van der Waals surface area contributed by atoms with Crippen LogP contribution in [0, 0.1) is 0 Å². The van der Waals surface area contributed by atoms with E-state index in [-0.39, 0.29) is 32.2 Å². The second-order valence-corrected chi connectivity index (χ2v) is 17.2. The summed E-state index contributed by atoms with van der Waals surface area (Å²) in [6.45, 7) is 5.51. The maximum absolute atomic E-state index is 12.6. The number of carbonyl (C=O) groups is 2. The van der Waals surface area contributed by atoms with Crippen LogP contribution in [0.5, 0.6) is 0 Å². The van der Waals surface area contributed by atoms with Gasteiger partial charge in [-0.05, 0) is 45.4 Å². The molecule has 0 fully saturated rings. The summed E-state index contributed by atoms with van der Waals surface area (Å²) in [6.07, 6.45) is 45.6. The van der Waals surface area contributed by atoms with E-state index in [0.717, 1.165) is 38.5 Å². The average Bonchev–Trinajstić information content (AvgIpc) is 3.16. The van der Waals surface area contributed by atoms with Crippen molar-refractivity contribution in [2.45, 2.75) is 252 Å². The van der Waals surface area contributed by atoms with Gasteiger partial charge in [0.05, 0.1) is 13.2 Å². The van der Waals surface area contributed by atoms with Gasteiger partial charge in [0.25, 0.3) is 0 Å². The molecular formula is C46H89O8P. The fraction of sp³-hybridized carbons (Fsp3) is 0.913. The lowest BCUT2D eigenvalue weighted by molar-refractivity contribution is -0.161. The van der Waals surface area contributed by atoms with E-state index in [9.17, 15) is 19.0 Å². The Morgan fingerprint density at radius 2 is 0.818 bits per heavy atom. The quantitative estimate of drug-likeness (QED) is 0.0281. The minimum absolute atomic E-state index is 0.00378. The van der Waals surface area contributed by atoms with Crippen LogP contribution in [0.15, 0.2) is 12.2 Å². The zero-order chi connectivity index (χ0) is 40.3. The van der Waals surface area contributed by atoms with Crippen molar-refractivity contribution in [3.05, 3.63) is 12.2 Å². The number of hydrogen-bond acceptors (Lipinski definition) is 7. The van der Waals surface area contributed by atoms with Crippen LogP contribution in [0.25, 0.3) is 0 Å². The van der Waals surface area contributed by atoms with Gasteiger partial charge in [-0.2, -0.15) is 0 Å². The number of phosphoric acid groups is 1. The molecule has 0 rings (SSSR count). The van der Waals surface area contributed by atoms with Crippen molar-refractivity contribution in [3.8, 4) is 0 Å². The Balaban J connectivity index is 3.94. The fourth-order valence-corrected chi connectivity index (χ4v) is 7.62. The van der Waals surface area contributed by atoms with E-state index in [1.54, 1.807) is 6.92 Å². The van der Waals surface area contributed by atoms with Crippen molar-refractivity contribution in [3.63, 3.8) is 0 Å². The summed E-state index contributed by atoms with van der Waals surface area (Å²) in [4.78, 5) is 34.8. The first-order chi connectivity index (χ1) is 26.8. The van der Waals surface area contributed by atoms with E-state index in [1.807, 2.05) is 0 Å². The van der Waals surface area contributed by atoms with Gasteiger partial charge >= 0.3 is 19.8 Å². The molecule has 8 nitrogen and oxygen atoms in total. The summed E-state index contributed by atoms with van der Waals surface area (Å²) in [7, 11) is -4.27. The molecular weight excluding hydrogens is 711 g/mol. The number of carbonyl (C=O) groups excluding carboxylic acids is 2. The molecule has 9 heteroatoms. The molecule has 0 aliphatic carbocycles. The molecule has 2 unspecified atom stereocenters. The Hall–Kier alpha value is -1.21. The van der Waals surface area contributed by atoms with Gasteiger partial charge in [0.2, 0.25) is 0 Å². The Morgan fingerprint density at radius 3 is 1.20 bits per heavy atom. The van der Waals surface area contributed by atoms with Gasteiger partial charge in [-0.25, -0.2) is 4.57 Å². The van der Waals surface area contributed by atoms with Crippen LogP contribution in [0.3, 0.4) is 0 Å². The molecule has 0 amide bonds. The molecule has 0 radical (unpaired) electrons. The Morgan fingerprint density at radius 1 is 0.473 bits per heavy atom. The van der Waals surface area contributed by atoms with Crippen molar-refractivity contribution in [1.29, 1.82) is 0 Å². The molecule has 0 aromatic rings. The van der Waals surface area contributed by atoms with Gasteiger partial charge < -0.3 is 14.4 Å². The highest BCUT2D eigenvalue weighted by atomic mass is 31.2. The molecule has 0 bridgehead atoms. The third-order valence-electron chi connectivity index (χ3n) is 10.3. The second kappa shape index (κ2) is 42.4. The van der Waals surface area contributed by atoms with Crippen LogP contribution >= 0.6 is 7.82 Å². The number of hydrogen-bond donors (Lipinski definition) is 1. The summed E-state index contributed by atoms with van der Waals surface area (Å²) < 4.78 is 32.7. The van der Waals surface area contributed by atoms with Gasteiger partial charge in [0, 0.05) is 12.8 Å². The highest BCUT2D eigenvalue weighted by molar-refractivity contribution is 7.47. The lowest BCUT2D eigenvalue weighted by Crippen LogP contribution is -2.29. The Labute approximate surface area is 340 Å². The lowest BCUT2D eigenvalue weighted by Gasteiger charge is -2.19. The fourth-order valence-electron chi connectivity index (χ4n) is 6.86. The predicted molar refractivity (Wildman–Crippen MR) is 230 cm³/mol. The predicted octanol–water partition coefficient (Wildman–Crippen LogP) is 14.8. The first-order valence-corrected chi connectivity index (χ1v) is 25.0. The summed E-state index contributed by atoms with van der Waals surface area (Å²) in [5, 5.41) is 0. The first kappa shape index (κ1) is 53.8. The second-order valence-electron chi connectivity index (χ2n) is 15.8. The Kier molecular flexibility index (Phi) is 41.5. The van der Waals surface area contributed by atoms with Crippen LogP contribution in [0.1, 0.15) is 245 Å². The molecule has 0 heterocycles. The third-order valence-corrected chi connectivity index (χ3v) is 11.4. The maximum atomic E-state index is 12.6. The van der Waals surface area contributed by atoms with E-state index in [1.165, 1.54) is 173 Å². The van der Waals surface area contributed by atoms with Crippen molar-refractivity contribution >= 4 is 19.8 Å². The number of esters is 2. The van der Waals surface area contributed by atoms with Gasteiger partial charge in [-0.3, -0.25) is 18.6 Å². The zero-order valence-corrected chi connectivity index (χ0v) is 37.2. The largest absolute Gasteiger partial charge is 0.472 e. The highest BCUT2D eigenvalue weighted by Crippen LogP contribution is 2.43. The smallest absolute Gasteiger partial charge is 0.462 e. The Bertz CT molecular complexity index is 910. The molecule has 0 aromatic carbocycles. The standard InChI is InChI=1S/C46H89O8P/c1-4-7-9-11-13-15-17-19-20-21-22-23-24-25-26-27-28-29-31-33-35-37-39-41-46(48)54-44(43-53-55(49,50)52-6-3)42-51-45(47)40-38-36-34-32-30-18-16-14-12-10-8-5-2/h21-22,44H,4-20,23-43H2,1-3H3,(H,49,50)/b22-21-. The van der Waals surface area contributed by atoms with E-state index in [0.29, 0.717) is 6.42 Å². The van der Waals surface area contributed by atoms with Crippen LogP contribution < -0.4 is 0 Å². The summed E-state index contributed by atoms with van der Waals surface area (Å²) in [5.41, 5.74) is 0. The van der Waals surface area contributed by atoms with Crippen LogP contribution in [0.4, 0.5) is 0 Å². The van der Waals surface area contributed by atoms with Gasteiger partial charge in [0.1, 0.15) is 6.61 Å². The maximum Gasteiger partial charge on any atom is 0.472 e. The van der Waals surface area contributed by atoms with E-state index in [4.69, 9.17) is 18.5 Å². The number of allylic oxidation sites excluding steroid dienone is 2. The van der Waals surface area contributed by atoms with E-state index >= 15 is 0 Å². The van der Waals surface area contributed by atoms with Crippen molar-refractivity contribution < 1.29 is 37.6 Å². The third kappa shape index (κ3) is 42.2. The van der Waals surface area contributed by atoms with Crippen molar-refractivity contribution in [2.24, 2.45) is 0 Å². The molecule has 1 N–H and O–H groups in total. The summed E-state index contributed by atoms with van der Waals surface area (Å²) >= 11 is 0. The SMILES string of the molecule is CCCCCCCCCC/C=C\CCCCCCCCCCCCCC(=O)OC(COC(=O)CCCCCCCCCCCCCC)COP(=O)(O)OCC. The van der Waals surface area contributed by atoms with E-state index in [2.05, 4.69) is 26.0 Å². The molecule has 0 spiro atoms. The van der Waals surface area contributed by atoms with Gasteiger partial charge in [-0.1, -0.05) is 199 Å². The zero-order valence-electron chi connectivity index (χ0n) is 36.4. The van der Waals surface area contributed by atoms with Gasteiger partial charge in [0.15, 0.2) is 6.10 Å². The molecule has 0 aliphatic rings. The summed E-state index contributed by atoms with van der Waals surface area (Å²) in [6, 6.07) is 0. The van der Waals surface area contributed by atoms with Crippen LogP contribution in [0.2, 0.25) is 0 Å². The molecule has 0 saturated heterocycles. The van der Waals surface area contributed by atoms with E-state index < -0.39 is 19.9 Å². The molecule has 0 aromatic heterocycles. The van der Waals surface area contributed by atoms with Crippen LogP contribution in [-0.2, 0) is 32.7 Å². The van der Waals surface area contributed by atoms with Crippen molar-refractivity contribution in [2.75, 3.05) is 19.8 Å².